The van der Waals surface area contributed by atoms with Crippen LogP contribution in [0.25, 0.3) is 0 Å². The van der Waals surface area contributed by atoms with E-state index in [0.717, 1.165) is 0 Å². The van der Waals surface area contributed by atoms with Crippen molar-refractivity contribution in [3.63, 3.8) is 0 Å². The van der Waals surface area contributed by atoms with Crippen LogP contribution in [0.3, 0.4) is 0 Å². The van der Waals surface area contributed by atoms with Crippen molar-refractivity contribution in [2.75, 3.05) is 0 Å². The zero-order valence-corrected chi connectivity index (χ0v) is 34.2. The van der Waals surface area contributed by atoms with Crippen molar-refractivity contribution in [2.45, 2.75) is 108 Å². The van der Waals surface area contributed by atoms with Crippen molar-refractivity contribution in [1.82, 2.24) is 37.2 Å². The molecular weight excluding hydrogens is 820 g/mol. The summed E-state index contributed by atoms with van der Waals surface area (Å²) in [5.41, 5.74) is 6.51. The Morgan fingerprint density at radius 3 is 1.18 bits per heavy atom. The van der Waals surface area contributed by atoms with Gasteiger partial charge in [0.05, 0.1) is 12.5 Å². The van der Waals surface area contributed by atoms with Gasteiger partial charge in [0.2, 0.25) is 41.4 Å². The maximum Gasteiger partial charge on any atom is 0.325 e. The molecule has 62 heavy (non-hydrogen) atoms. The highest BCUT2D eigenvalue weighted by Crippen LogP contribution is 2.14. The van der Waals surface area contributed by atoms with E-state index in [0.29, 0.717) is 11.1 Å². The van der Waals surface area contributed by atoms with Gasteiger partial charge in [-0.15, -0.1) is 0 Å². The second kappa shape index (κ2) is 24.1. The number of nitrogens with one attached hydrogen (secondary N) is 7. The molecule has 0 spiro atoms. The van der Waals surface area contributed by atoms with Crippen LogP contribution in [0.15, 0.2) is 48.5 Å². The lowest BCUT2D eigenvalue weighted by Crippen LogP contribution is -2.60. The number of nitrogens with two attached hydrogens (primary N) is 1. The van der Waals surface area contributed by atoms with Gasteiger partial charge in [-0.25, -0.2) is 0 Å². The molecule has 14 N–H and O–H groups in total. The predicted octanol–water partition coefficient (Wildman–Crippen LogP) is -2.89. The number of hydrogen-bond acceptors (Lipinski definition) is 13. The van der Waals surface area contributed by atoms with Crippen molar-refractivity contribution in [1.29, 1.82) is 0 Å². The van der Waals surface area contributed by atoms with E-state index < -0.39 is 120 Å². The average Bonchev–Trinajstić information content (AvgIpc) is 3.19. The fourth-order valence-electron chi connectivity index (χ4n) is 5.36. The van der Waals surface area contributed by atoms with E-state index in [9.17, 15) is 63.3 Å². The molecule has 23 heteroatoms. The molecule has 2 aromatic carbocycles. The highest BCUT2D eigenvalue weighted by molar-refractivity contribution is 5.98. The number of benzene rings is 2. The normalized spacial score (nSPS) is 14.7. The summed E-state index contributed by atoms with van der Waals surface area (Å²) in [6, 6.07) is -0.488. The molecule has 0 heterocycles. The van der Waals surface area contributed by atoms with E-state index in [4.69, 9.17) is 15.9 Å². The van der Waals surface area contributed by atoms with Gasteiger partial charge in [-0.05, 0) is 69.5 Å². The first-order valence-electron chi connectivity index (χ1n) is 19.1. The van der Waals surface area contributed by atoms with Crippen molar-refractivity contribution in [2.24, 2.45) is 5.73 Å². The molecule has 0 bridgehead atoms. The number of phenolic OH excluding ortho intramolecular Hbond substituents is 2. The minimum absolute atomic E-state index is 0.116. The minimum Gasteiger partial charge on any atom is -0.508 e. The lowest BCUT2D eigenvalue weighted by molar-refractivity contribution is -0.142. The van der Waals surface area contributed by atoms with E-state index in [2.05, 4.69) is 37.2 Å². The Morgan fingerprint density at radius 1 is 0.468 bits per heavy atom. The Morgan fingerprint density at radius 2 is 0.806 bits per heavy atom. The topological polar surface area (TPSA) is 382 Å². The molecule has 0 aliphatic carbocycles. The number of aliphatic carboxylic acids is 3. The second-order valence-corrected chi connectivity index (χ2v) is 14.3. The molecule has 0 saturated heterocycles. The number of aromatic hydroxyl groups is 2. The number of carboxylic acids is 3. The van der Waals surface area contributed by atoms with Gasteiger partial charge in [0.25, 0.3) is 0 Å². The third kappa shape index (κ3) is 17.5. The van der Waals surface area contributed by atoms with E-state index >= 15 is 0 Å². The first kappa shape index (κ1) is 50.8. The van der Waals surface area contributed by atoms with Crippen LogP contribution in [-0.2, 0) is 60.8 Å². The number of amides is 7. The van der Waals surface area contributed by atoms with Crippen LogP contribution >= 0.6 is 0 Å². The van der Waals surface area contributed by atoms with E-state index in [1.165, 1.54) is 76.2 Å². The molecule has 7 amide bonds. The lowest BCUT2D eigenvalue weighted by atomic mass is 10.0. The summed E-state index contributed by atoms with van der Waals surface area (Å²) in [6.07, 6.45) is -2.39. The summed E-state index contributed by atoms with van der Waals surface area (Å²) in [5, 5.41) is 63.4. The molecule has 338 valence electrons. The van der Waals surface area contributed by atoms with E-state index in [1.54, 1.807) is 0 Å². The van der Waals surface area contributed by atoms with Gasteiger partial charge in [-0.2, -0.15) is 0 Å². The van der Waals surface area contributed by atoms with Gasteiger partial charge >= 0.3 is 17.9 Å². The van der Waals surface area contributed by atoms with Gasteiger partial charge < -0.3 is 68.5 Å². The molecule has 23 nitrogen and oxygen atoms in total. The average molecular weight is 873 g/mol. The second-order valence-electron chi connectivity index (χ2n) is 14.3. The highest BCUT2D eigenvalue weighted by atomic mass is 16.4. The third-order valence-corrected chi connectivity index (χ3v) is 9.02. The maximum atomic E-state index is 14.0. The fraction of sp³-hybridized carbons (Fsp3) is 0.436. The van der Waals surface area contributed by atoms with Gasteiger partial charge in [-0.1, -0.05) is 24.3 Å². The summed E-state index contributed by atoms with van der Waals surface area (Å²) in [7, 11) is 0. The molecule has 0 unspecified atom stereocenters. The molecular formula is C39H52N8O15. The summed E-state index contributed by atoms with van der Waals surface area (Å²) < 4.78 is 0. The highest BCUT2D eigenvalue weighted by Gasteiger charge is 2.33. The van der Waals surface area contributed by atoms with E-state index in [1.807, 2.05) is 0 Å². The zero-order valence-electron chi connectivity index (χ0n) is 34.2. The van der Waals surface area contributed by atoms with Crippen LogP contribution in [-0.4, -0.2) is 133 Å². The maximum absolute atomic E-state index is 14.0. The molecule has 2 aromatic rings. The molecule has 0 saturated carbocycles. The molecule has 0 aromatic heterocycles. The third-order valence-electron chi connectivity index (χ3n) is 9.02. The van der Waals surface area contributed by atoms with Gasteiger partial charge in [-0.3, -0.25) is 47.9 Å². The summed E-state index contributed by atoms with van der Waals surface area (Å²) in [4.78, 5) is 126. The van der Waals surface area contributed by atoms with Crippen molar-refractivity contribution >= 4 is 59.3 Å². The Kier molecular flexibility index (Phi) is 19.7. The number of phenols is 2. The first-order chi connectivity index (χ1) is 29.0. The van der Waals surface area contributed by atoms with Crippen molar-refractivity contribution in [3.8, 4) is 11.5 Å². The number of carbonyl (C=O) groups is 10. The zero-order chi connectivity index (χ0) is 46.8. The van der Waals surface area contributed by atoms with E-state index in [-0.39, 0.29) is 30.8 Å². The SMILES string of the molecule is C[C@H](NC(=O)[C@H](C)NC(=O)[C@H](C)NC(=O)[C@H](C)NC(=O)[C@H](Cc1ccc(O)cc1)NC(=O)[C@H](Cc1ccc(O)cc1)NC(=O)[C@H](CC(=O)O)NC(=O)[C@@H](N)CCC(=O)O)C(=O)O. The van der Waals surface area contributed by atoms with Crippen LogP contribution in [0.1, 0.15) is 58.1 Å². The van der Waals surface area contributed by atoms with Crippen LogP contribution in [0.2, 0.25) is 0 Å². The van der Waals surface area contributed by atoms with Gasteiger partial charge in [0.1, 0.15) is 53.8 Å². The van der Waals surface area contributed by atoms with Gasteiger partial charge in [0.15, 0.2) is 0 Å². The molecule has 0 radical (unpaired) electrons. The molecule has 0 aliphatic heterocycles. The quantitative estimate of drug-likeness (QED) is 0.0503. The molecule has 0 aliphatic rings. The summed E-state index contributed by atoms with van der Waals surface area (Å²) >= 11 is 0. The Hall–Kier alpha value is -7.30. The Bertz CT molecular complexity index is 1960. The number of hydrogen-bond donors (Lipinski definition) is 13. The predicted molar refractivity (Wildman–Crippen MR) is 215 cm³/mol. The van der Waals surface area contributed by atoms with Crippen LogP contribution in [0.5, 0.6) is 11.5 Å². The number of carbonyl (C=O) groups excluding carboxylic acids is 7. The minimum atomic E-state index is -1.81. The van der Waals surface area contributed by atoms with Crippen LogP contribution in [0.4, 0.5) is 0 Å². The van der Waals surface area contributed by atoms with Crippen LogP contribution in [0, 0.1) is 0 Å². The molecule has 0 fully saturated rings. The monoisotopic (exact) mass is 872 g/mol. The lowest BCUT2D eigenvalue weighted by Gasteiger charge is -2.26. The summed E-state index contributed by atoms with van der Waals surface area (Å²) in [5.74, 6) is -11.0. The fourth-order valence-corrected chi connectivity index (χ4v) is 5.36. The standard InChI is InChI=1S/C39H52N8O15/c1-18(32(54)42-19(2)34(56)44-21(4)39(61)62)41-33(55)20(3)43-36(58)27(15-22-5-9-24(48)10-6-22)46-37(59)28(16-23-7-11-25(49)12-8-23)47-38(60)29(17-31(52)53)45-35(57)26(40)13-14-30(50)51/h5-12,18-21,26-29,48-49H,13-17,40H2,1-4H3,(H,41,55)(H,42,54)(H,43,58)(H,44,56)(H,45,57)(H,46,59)(H,47,60)(H,50,51)(H,52,53)(H,61,62)/t18-,19-,20-,21-,26-,27-,28-,29-/m0/s1. The number of rotatable bonds is 24. The Labute approximate surface area is 354 Å². The largest absolute Gasteiger partial charge is 0.508 e. The Balaban J connectivity index is 2.34. The smallest absolute Gasteiger partial charge is 0.325 e. The van der Waals surface area contributed by atoms with Crippen LogP contribution < -0.4 is 43.0 Å². The molecule has 2 rings (SSSR count). The summed E-state index contributed by atoms with van der Waals surface area (Å²) in [6.45, 7) is 5.05. The van der Waals surface area contributed by atoms with Crippen molar-refractivity contribution in [3.05, 3.63) is 59.7 Å². The first-order valence-corrected chi connectivity index (χ1v) is 19.1. The number of carboxylic acid groups (broad SMARTS) is 3. The molecule has 8 atom stereocenters. The van der Waals surface area contributed by atoms with Gasteiger partial charge in [0, 0.05) is 19.3 Å². The van der Waals surface area contributed by atoms with Crippen molar-refractivity contribution < 1.29 is 73.5 Å².